The highest BCUT2D eigenvalue weighted by Gasteiger charge is 2.12. The molecule has 1 N–H and O–H groups in total. The molecule has 0 spiro atoms. The van der Waals surface area contributed by atoms with Gasteiger partial charge in [-0.2, -0.15) is 0 Å². The fraction of sp³-hybridized carbons (Fsp3) is 0.278. The van der Waals surface area contributed by atoms with Crippen LogP contribution in [0.2, 0.25) is 0 Å². The molecular weight excluding hydrogens is 380 g/mol. The molecule has 0 saturated carbocycles. The Balaban J connectivity index is 1.67. The van der Waals surface area contributed by atoms with Gasteiger partial charge in [-0.3, -0.25) is 4.79 Å². The first-order valence-electron chi connectivity index (χ1n) is 7.94. The van der Waals surface area contributed by atoms with Gasteiger partial charge in [0.05, 0.1) is 17.3 Å². The highest BCUT2D eigenvalue weighted by Crippen LogP contribution is 2.20. The molecule has 0 heterocycles. The van der Waals surface area contributed by atoms with E-state index in [1.807, 2.05) is 6.07 Å². The second-order valence-corrected chi connectivity index (χ2v) is 8.88. The Morgan fingerprint density at radius 2 is 1.77 bits per heavy atom. The van der Waals surface area contributed by atoms with Gasteiger partial charge in [0.25, 0.3) is 0 Å². The number of hydrogen-bond donors (Lipinski definition) is 1. The van der Waals surface area contributed by atoms with Crippen molar-refractivity contribution in [3.63, 3.8) is 0 Å². The minimum absolute atomic E-state index is 0.0154. The topological polar surface area (TPSA) is 63.2 Å². The standard InChI is InChI=1S/C18H19F2NO3S2/c19-16-8-7-15(11-17(16)20)25-12-18(22)21-9-4-10-26(23,24)13-14-5-2-1-3-6-14/h1-3,5-8,11H,4,9-10,12-13H2,(H,21,22). The summed E-state index contributed by atoms with van der Waals surface area (Å²) in [5, 5.41) is 2.62. The molecule has 0 radical (unpaired) electrons. The summed E-state index contributed by atoms with van der Waals surface area (Å²) < 4.78 is 50.0. The molecule has 0 aliphatic rings. The molecule has 2 rings (SSSR count). The molecule has 0 unspecified atom stereocenters. The van der Waals surface area contributed by atoms with Crippen molar-refractivity contribution in [2.45, 2.75) is 17.1 Å². The highest BCUT2D eigenvalue weighted by atomic mass is 32.2. The first kappa shape index (κ1) is 20.4. The first-order chi connectivity index (χ1) is 12.4. The van der Waals surface area contributed by atoms with Gasteiger partial charge in [0.1, 0.15) is 0 Å². The number of hydrogen-bond acceptors (Lipinski definition) is 4. The Bertz CT molecular complexity index is 843. The number of carbonyl (C=O) groups excluding carboxylic acids is 1. The van der Waals surface area contributed by atoms with Crippen molar-refractivity contribution in [1.82, 2.24) is 5.32 Å². The number of amides is 1. The third-order valence-corrected chi connectivity index (χ3v) is 6.12. The van der Waals surface area contributed by atoms with Gasteiger partial charge < -0.3 is 5.32 Å². The van der Waals surface area contributed by atoms with Crippen molar-refractivity contribution in [3.05, 3.63) is 65.7 Å². The first-order valence-corrected chi connectivity index (χ1v) is 10.8. The summed E-state index contributed by atoms with van der Waals surface area (Å²) in [5.74, 6) is -2.18. The molecule has 0 saturated heterocycles. The van der Waals surface area contributed by atoms with Crippen LogP contribution in [0, 0.1) is 11.6 Å². The van der Waals surface area contributed by atoms with E-state index in [1.54, 1.807) is 24.3 Å². The van der Waals surface area contributed by atoms with E-state index in [2.05, 4.69) is 5.32 Å². The van der Waals surface area contributed by atoms with E-state index in [4.69, 9.17) is 0 Å². The number of carbonyl (C=O) groups is 1. The fourth-order valence-corrected chi connectivity index (χ4v) is 4.37. The molecular formula is C18H19F2NO3S2. The van der Waals surface area contributed by atoms with E-state index in [0.29, 0.717) is 11.3 Å². The van der Waals surface area contributed by atoms with E-state index < -0.39 is 21.5 Å². The molecule has 0 aromatic heterocycles. The Kier molecular flexibility index (Phi) is 7.59. The third-order valence-electron chi connectivity index (χ3n) is 3.44. The molecule has 0 fully saturated rings. The summed E-state index contributed by atoms with van der Waals surface area (Å²) in [5.41, 5.74) is 0.736. The number of nitrogens with one attached hydrogen (secondary N) is 1. The van der Waals surface area contributed by atoms with Gasteiger partial charge in [-0.25, -0.2) is 17.2 Å². The summed E-state index contributed by atoms with van der Waals surface area (Å²) >= 11 is 1.08. The predicted octanol–water partition coefficient (Wildman–Crippen LogP) is 3.18. The summed E-state index contributed by atoms with van der Waals surface area (Å²) in [6.45, 7) is 0.241. The number of benzene rings is 2. The maximum atomic E-state index is 13.1. The molecule has 0 aliphatic heterocycles. The highest BCUT2D eigenvalue weighted by molar-refractivity contribution is 8.00. The number of sulfone groups is 1. The zero-order valence-corrected chi connectivity index (χ0v) is 15.6. The van der Waals surface area contributed by atoms with E-state index in [1.165, 1.54) is 6.07 Å². The molecule has 0 atom stereocenters. The van der Waals surface area contributed by atoms with Crippen LogP contribution in [0.1, 0.15) is 12.0 Å². The number of rotatable bonds is 9. The second-order valence-electron chi connectivity index (χ2n) is 5.65. The van der Waals surface area contributed by atoms with Crippen molar-refractivity contribution in [3.8, 4) is 0 Å². The maximum Gasteiger partial charge on any atom is 0.230 e. The Hall–Kier alpha value is -1.93. The van der Waals surface area contributed by atoms with Crippen molar-refractivity contribution < 1.29 is 22.0 Å². The second kappa shape index (κ2) is 9.68. The lowest BCUT2D eigenvalue weighted by molar-refractivity contribution is -0.118. The zero-order valence-electron chi connectivity index (χ0n) is 14.0. The largest absolute Gasteiger partial charge is 0.355 e. The van der Waals surface area contributed by atoms with Crippen molar-refractivity contribution in [1.29, 1.82) is 0 Å². The number of thioether (sulfide) groups is 1. The van der Waals surface area contributed by atoms with E-state index >= 15 is 0 Å². The monoisotopic (exact) mass is 399 g/mol. The summed E-state index contributed by atoms with van der Waals surface area (Å²) in [4.78, 5) is 12.2. The predicted molar refractivity (Wildman–Crippen MR) is 98.6 cm³/mol. The Labute approximate surface area is 155 Å². The lowest BCUT2D eigenvalue weighted by Crippen LogP contribution is -2.27. The van der Waals surface area contributed by atoms with Crippen LogP contribution in [0.4, 0.5) is 8.78 Å². The van der Waals surface area contributed by atoms with Gasteiger partial charge in [0.2, 0.25) is 5.91 Å². The molecule has 140 valence electrons. The van der Waals surface area contributed by atoms with Crippen LogP contribution in [-0.2, 0) is 20.4 Å². The Morgan fingerprint density at radius 1 is 1.04 bits per heavy atom. The van der Waals surface area contributed by atoms with Crippen molar-refractivity contribution in [2.24, 2.45) is 0 Å². The maximum absolute atomic E-state index is 13.1. The van der Waals surface area contributed by atoms with Gasteiger partial charge in [0, 0.05) is 11.4 Å². The third kappa shape index (κ3) is 7.13. The van der Waals surface area contributed by atoms with Gasteiger partial charge in [-0.05, 0) is 30.2 Å². The molecule has 2 aromatic rings. The van der Waals surface area contributed by atoms with E-state index in [9.17, 15) is 22.0 Å². The van der Waals surface area contributed by atoms with Crippen LogP contribution in [0.25, 0.3) is 0 Å². The number of halogens is 2. The van der Waals surface area contributed by atoms with Crippen LogP contribution in [0.5, 0.6) is 0 Å². The zero-order chi connectivity index (χ0) is 19.0. The van der Waals surface area contributed by atoms with Gasteiger partial charge in [0.15, 0.2) is 21.5 Å². The average Bonchev–Trinajstić information content (AvgIpc) is 2.60. The molecule has 0 bridgehead atoms. The molecule has 8 heteroatoms. The molecule has 0 aliphatic carbocycles. The minimum Gasteiger partial charge on any atom is -0.355 e. The fourth-order valence-electron chi connectivity index (χ4n) is 2.19. The van der Waals surface area contributed by atoms with Crippen LogP contribution in [0.15, 0.2) is 53.4 Å². The molecule has 4 nitrogen and oxygen atoms in total. The Morgan fingerprint density at radius 3 is 2.46 bits per heavy atom. The van der Waals surface area contributed by atoms with Crippen LogP contribution < -0.4 is 5.32 Å². The van der Waals surface area contributed by atoms with Gasteiger partial charge in [-0.15, -0.1) is 11.8 Å². The minimum atomic E-state index is -3.23. The van der Waals surface area contributed by atoms with Crippen LogP contribution >= 0.6 is 11.8 Å². The normalized spacial score (nSPS) is 11.3. The van der Waals surface area contributed by atoms with E-state index in [-0.39, 0.29) is 29.7 Å². The summed E-state index contributed by atoms with van der Waals surface area (Å²) in [6, 6.07) is 12.3. The van der Waals surface area contributed by atoms with Crippen LogP contribution in [-0.4, -0.2) is 32.4 Å². The van der Waals surface area contributed by atoms with Crippen molar-refractivity contribution >= 4 is 27.5 Å². The van der Waals surface area contributed by atoms with Gasteiger partial charge in [-0.1, -0.05) is 30.3 Å². The SMILES string of the molecule is O=C(CSc1ccc(F)c(F)c1)NCCCS(=O)(=O)Cc1ccccc1. The lowest BCUT2D eigenvalue weighted by Gasteiger charge is -2.07. The van der Waals surface area contributed by atoms with Crippen LogP contribution in [0.3, 0.4) is 0 Å². The van der Waals surface area contributed by atoms with Crippen molar-refractivity contribution in [2.75, 3.05) is 18.1 Å². The molecule has 1 amide bonds. The quantitative estimate of drug-likeness (QED) is 0.520. The molecule has 26 heavy (non-hydrogen) atoms. The summed E-state index contributed by atoms with van der Waals surface area (Å²) in [6.07, 6.45) is 0.316. The lowest BCUT2D eigenvalue weighted by atomic mass is 10.2. The van der Waals surface area contributed by atoms with E-state index in [0.717, 1.165) is 29.5 Å². The smallest absolute Gasteiger partial charge is 0.230 e. The average molecular weight is 399 g/mol. The molecule has 2 aromatic carbocycles. The van der Waals surface area contributed by atoms with Gasteiger partial charge >= 0.3 is 0 Å². The summed E-state index contributed by atoms with van der Waals surface area (Å²) in [7, 11) is -3.23.